The fraction of sp³-hybridized carbons (Fsp3) is 0.640. The monoisotopic (exact) mass is 458 g/mol. The smallest absolute Gasteiger partial charge is 0.240 e. The second kappa shape index (κ2) is 12.0. The first kappa shape index (κ1) is 25.0. The lowest BCUT2D eigenvalue weighted by Crippen LogP contribution is -2.51. The zero-order valence-corrected chi connectivity index (χ0v) is 20.1. The normalized spacial score (nSPS) is 28.3. The van der Waals surface area contributed by atoms with Crippen LogP contribution in [-0.4, -0.2) is 68.0 Å². The molecule has 33 heavy (non-hydrogen) atoms. The summed E-state index contributed by atoms with van der Waals surface area (Å²) in [4.78, 5) is 38.8. The summed E-state index contributed by atoms with van der Waals surface area (Å²) in [5, 5.41) is 8.90. The first-order chi connectivity index (χ1) is 15.9. The molecule has 1 aliphatic carbocycles. The Hall–Kier alpha value is -2.61. The minimum atomic E-state index is -0.337. The molecule has 3 rings (SSSR count). The maximum Gasteiger partial charge on any atom is 0.240 e. The number of nitrogens with one attached hydrogen (secondary N) is 3. The van der Waals surface area contributed by atoms with Crippen LogP contribution in [0.15, 0.2) is 35.1 Å². The Morgan fingerprint density at radius 1 is 1.06 bits per heavy atom. The van der Waals surface area contributed by atoms with Gasteiger partial charge >= 0.3 is 0 Å². The molecule has 0 spiro atoms. The number of amides is 3. The summed E-state index contributed by atoms with van der Waals surface area (Å²) in [5.41, 5.74) is 2.35. The zero-order chi connectivity index (χ0) is 23.8. The number of carbonyl (C=O) groups excluding carboxylic acids is 3. The molecule has 2 atom stereocenters. The molecule has 3 N–H and O–H groups in total. The largest absolute Gasteiger partial charge is 0.489 e. The van der Waals surface area contributed by atoms with Gasteiger partial charge in [0.1, 0.15) is 11.9 Å². The van der Waals surface area contributed by atoms with Gasteiger partial charge in [-0.3, -0.25) is 14.4 Å². The molecular weight excluding hydrogens is 420 g/mol. The van der Waals surface area contributed by atoms with Crippen LogP contribution in [0.4, 0.5) is 0 Å². The quantitative estimate of drug-likeness (QED) is 0.586. The SMILES string of the molecule is C/C=C\C=C1\CCC2CNC(C3CC3)C(=O)N(C)CC(=O)NCC(=O)NCCCC(C)=C1O2. The van der Waals surface area contributed by atoms with Gasteiger partial charge in [0, 0.05) is 20.1 Å². The molecular formula is C25H38N4O4. The van der Waals surface area contributed by atoms with Crippen molar-refractivity contribution < 1.29 is 19.1 Å². The van der Waals surface area contributed by atoms with E-state index in [1.807, 2.05) is 19.1 Å². The lowest BCUT2D eigenvalue weighted by Gasteiger charge is -2.32. The van der Waals surface area contributed by atoms with Crippen LogP contribution in [0, 0.1) is 5.92 Å². The highest BCUT2D eigenvalue weighted by Gasteiger charge is 2.38. The molecule has 8 nitrogen and oxygen atoms in total. The van der Waals surface area contributed by atoms with E-state index in [2.05, 4.69) is 29.0 Å². The first-order valence-electron chi connectivity index (χ1n) is 12.1. The maximum atomic E-state index is 13.1. The summed E-state index contributed by atoms with van der Waals surface area (Å²) in [7, 11) is 1.64. The molecule has 3 aliphatic rings. The molecule has 2 bridgehead atoms. The van der Waals surface area contributed by atoms with E-state index >= 15 is 0 Å². The molecule has 0 radical (unpaired) electrons. The lowest BCUT2D eigenvalue weighted by molar-refractivity contribution is -0.137. The van der Waals surface area contributed by atoms with Crippen molar-refractivity contribution in [2.45, 2.75) is 64.5 Å². The molecule has 2 heterocycles. The molecule has 182 valence electrons. The molecule has 1 saturated heterocycles. The summed E-state index contributed by atoms with van der Waals surface area (Å²) in [6, 6.07) is -0.318. The summed E-state index contributed by atoms with van der Waals surface area (Å²) in [5.74, 6) is 0.580. The van der Waals surface area contributed by atoms with Crippen molar-refractivity contribution in [1.29, 1.82) is 0 Å². The summed E-state index contributed by atoms with van der Waals surface area (Å²) < 4.78 is 6.44. The Labute approximate surface area is 196 Å². The molecule has 0 aromatic heterocycles. The number of hydrogen-bond acceptors (Lipinski definition) is 5. The highest BCUT2D eigenvalue weighted by Crippen LogP contribution is 2.34. The van der Waals surface area contributed by atoms with Gasteiger partial charge in [-0.25, -0.2) is 0 Å². The van der Waals surface area contributed by atoms with Crippen molar-refractivity contribution in [3.63, 3.8) is 0 Å². The topological polar surface area (TPSA) is 99.8 Å². The van der Waals surface area contributed by atoms with E-state index in [1.165, 1.54) is 10.5 Å². The predicted octanol–water partition coefficient (Wildman–Crippen LogP) is 1.79. The second-order valence-electron chi connectivity index (χ2n) is 9.25. The van der Waals surface area contributed by atoms with Crippen LogP contribution in [0.3, 0.4) is 0 Å². The van der Waals surface area contributed by atoms with Gasteiger partial charge in [-0.1, -0.05) is 18.2 Å². The number of likely N-dealkylation sites (N-methyl/N-ethyl adjacent to an activating group) is 1. The average molecular weight is 459 g/mol. The number of hydrogen-bond donors (Lipinski definition) is 3. The first-order valence-corrected chi connectivity index (χ1v) is 12.1. The number of rotatable bonds is 2. The Morgan fingerprint density at radius 2 is 1.85 bits per heavy atom. The van der Waals surface area contributed by atoms with Crippen molar-refractivity contribution in [1.82, 2.24) is 20.9 Å². The van der Waals surface area contributed by atoms with E-state index in [0.29, 0.717) is 19.0 Å². The number of ether oxygens (including phenoxy) is 1. The zero-order valence-electron chi connectivity index (χ0n) is 20.1. The Balaban J connectivity index is 1.78. The molecule has 8 heteroatoms. The molecule has 0 aromatic carbocycles. The fourth-order valence-corrected chi connectivity index (χ4v) is 4.29. The van der Waals surface area contributed by atoms with Crippen LogP contribution < -0.4 is 16.0 Å². The minimum absolute atomic E-state index is 0.0149. The standard InChI is InChI=1S/C25H38N4O4/c1-4-5-8-19-11-12-20-14-28-23(18-9-10-18)25(32)29(3)16-22(31)27-15-21(30)26-13-6-7-17(2)24(19)33-20/h4-5,8,18,20,23,28H,6-7,9-16H2,1-3H3,(H,26,30)(H,27,31)/b5-4-,19-8-,24-17?. The Kier molecular flexibility index (Phi) is 9.11. The van der Waals surface area contributed by atoms with E-state index in [9.17, 15) is 14.4 Å². The molecule has 2 fully saturated rings. The highest BCUT2D eigenvalue weighted by atomic mass is 16.5. The van der Waals surface area contributed by atoms with Gasteiger partial charge in [0.15, 0.2) is 0 Å². The predicted molar refractivity (Wildman–Crippen MR) is 127 cm³/mol. The van der Waals surface area contributed by atoms with Gasteiger partial charge < -0.3 is 25.6 Å². The van der Waals surface area contributed by atoms with Gasteiger partial charge in [0.05, 0.1) is 19.1 Å². The lowest BCUT2D eigenvalue weighted by atomic mass is 9.96. The van der Waals surface area contributed by atoms with Crippen molar-refractivity contribution in [3.05, 3.63) is 35.1 Å². The van der Waals surface area contributed by atoms with Gasteiger partial charge in [-0.15, -0.1) is 0 Å². The van der Waals surface area contributed by atoms with Crippen molar-refractivity contribution in [2.75, 3.05) is 33.2 Å². The fourth-order valence-electron chi connectivity index (χ4n) is 4.29. The van der Waals surface area contributed by atoms with Gasteiger partial charge in [-0.2, -0.15) is 0 Å². The van der Waals surface area contributed by atoms with Gasteiger partial charge in [-0.05, 0) is 69.4 Å². The molecule has 2 aliphatic heterocycles. The number of fused-ring (bicyclic) bond motifs is 2. The van der Waals surface area contributed by atoms with Crippen LogP contribution >= 0.6 is 0 Å². The third-order valence-corrected chi connectivity index (χ3v) is 6.37. The van der Waals surface area contributed by atoms with E-state index in [-0.39, 0.29) is 43.0 Å². The van der Waals surface area contributed by atoms with Crippen LogP contribution in [0.5, 0.6) is 0 Å². The van der Waals surface area contributed by atoms with Crippen LogP contribution in [-0.2, 0) is 19.1 Å². The third kappa shape index (κ3) is 7.45. The van der Waals surface area contributed by atoms with E-state index in [1.54, 1.807) is 7.05 Å². The average Bonchev–Trinajstić information content (AvgIpc) is 3.64. The van der Waals surface area contributed by atoms with Crippen molar-refractivity contribution >= 4 is 17.7 Å². The van der Waals surface area contributed by atoms with E-state index in [4.69, 9.17) is 4.74 Å². The molecule has 0 aromatic rings. The van der Waals surface area contributed by atoms with E-state index in [0.717, 1.165) is 49.9 Å². The van der Waals surface area contributed by atoms with Crippen LogP contribution in [0.1, 0.15) is 52.4 Å². The van der Waals surface area contributed by atoms with Crippen molar-refractivity contribution in [2.24, 2.45) is 5.92 Å². The summed E-state index contributed by atoms with van der Waals surface area (Å²) in [6.07, 6.45) is 11.6. The molecule has 2 unspecified atom stereocenters. The van der Waals surface area contributed by atoms with Gasteiger partial charge in [0.25, 0.3) is 0 Å². The van der Waals surface area contributed by atoms with E-state index < -0.39 is 0 Å². The highest BCUT2D eigenvalue weighted by molar-refractivity contribution is 5.89. The number of nitrogens with zero attached hydrogens (tertiary/aromatic N) is 1. The summed E-state index contributed by atoms with van der Waals surface area (Å²) in [6.45, 7) is 5.04. The maximum absolute atomic E-state index is 13.1. The van der Waals surface area contributed by atoms with Crippen LogP contribution in [0.2, 0.25) is 0 Å². The summed E-state index contributed by atoms with van der Waals surface area (Å²) >= 11 is 0. The number of allylic oxidation sites excluding steroid dienone is 5. The Morgan fingerprint density at radius 3 is 2.58 bits per heavy atom. The van der Waals surface area contributed by atoms with Crippen LogP contribution in [0.25, 0.3) is 0 Å². The second-order valence-corrected chi connectivity index (χ2v) is 9.25. The minimum Gasteiger partial charge on any atom is -0.489 e. The Bertz CT molecular complexity index is 828. The van der Waals surface area contributed by atoms with Crippen molar-refractivity contribution in [3.8, 4) is 0 Å². The van der Waals surface area contributed by atoms with Gasteiger partial charge in [0.2, 0.25) is 17.7 Å². The molecule has 3 amide bonds. The third-order valence-electron chi connectivity index (χ3n) is 6.37. The number of carbonyl (C=O) groups is 3. The molecule has 1 saturated carbocycles.